The minimum atomic E-state index is -0.335. The van der Waals surface area contributed by atoms with Crippen LogP contribution in [0.1, 0.15) is 29.8 Å². The molecule has 7 nitrogen and oxygen atoms in total. The average molecular weight is 666 g/mol. The van der Waals surface area contributed by atoms with Crippen molar-refractivity contribution >= 4 is 0 Å². The summed E-state index contributed by atoms with van der Waals surface area (Å²) in [5.74, 6) is 1.52. The fourth-order valence-corrected chi connectivity index (χ4v) is 6.42. The van der Waals surface area contributed by atoms with Crippen LogP contribution in [-0.4, -0.2) is 48.9 Å². The maximum absolute atomic E-state index is 6.52. The molecule has 0 unspecified atom stereocenters. The van der Waals surface area contributed by atoms with Crippen LogP contribution in [0.4, 0.5) is 0 Å². The number of hydroxylamine groups is 1. The molecule has 0 aliphatic carbocycles. The number of methoxy groups -OCH3 is 1. The maximum atomic E-state index is 6.52. The summed E-state index contributed by atoms with van der Waals surface area (Å²) >= 11 is 0. The molecule has 50 heavy (non-hydrogen) atoms. The Morgan fingerprint density at radius 1 is 0.860 bits per heavy atom. The van der Waals surface area contributed by atoms with Gasteiger partial charge < -0.3 is 14.2 Å². The van der Waals surface area contributed by atoms with Crippen LogP contribution in [0.25, 0.3) is 22.4 Å². The number of allylic oxidation sites excluding steroid dienone is 1. The SMILES string of the molecule is COc1ccc(O[C@H]2C=C[C@@H](c3ccccc3)O[C@@H]2CON/C(C)=C\CN2CCc3nc(-c4ccccc4)c(-c4ccccc4)cc3C2)cc1. The van der Waals surface area contributed by atoms with Crippen molar-refractivity contribution in [3.8, 4) is 33.9 Å². The highest BCUT2D eigenvalue weighted by Crippen LogP contribution is 2.34. The third-order valence-electron chi connectivity index (χ3n) is 9.14. The molecule has 0 saturated heterocycles. The lowest BCUT2D eigenvalue weighted by molar-refractivity contribution is -0.102. The van der Waals surface area contributed by atoms with E-state index in [4.69, 9.17) is 24.0 Å². The van der Waals surface area contributed by atoms with E-state index >= 15 is 0 Å². The fourth-order valence-electron chi connectivity index (χ4n) is 6.42. The van der Waals surface area contributed by atoms with E-state index in [1.807, 2.05) is 49.4 Å². The van der Waals surface area contributed by atoms with Gasteiger partial charge in [-0.3, -0.25) is 20.2 Å². The van der Waals surface area contributed by atoms with Gasteiger partial charge in [-0.2, -0.15) is 0 Å². The third-order valence-corrected chi connectivity index (χ3v) is 9.14. The predicted molar refractivity (Wildman–Crippen MR) is 198 cm³/mol. The second-order valence-electron chi connectivity index (χ2n) is 12.7. The molecule has 0 amide bonds. The number of nitrogens with one attached hydrogen (secondary N) is 1. The van der Waals surface area contributed by atoms with Crippen molar-refractivity contribution in [1.29, 1.82) is 0 Å². The van der Waals surface area contributed by atoms with Crippen molar-refractivity contribution in [2.75, 3.05) is 26.8 Å². The number of nitrogens with zero attached hydrogens (tertiary/aromatic N) is 2. The van der Waals surface area contributed by atoms with Gasteiger partial charge in [-0.15, -0.1) is 0 Å². The van der Waals surface area contributed by atoms with E-state index in [0.29, 0.717) is 6.61 Å². The molecule has 1 aromatic heterocycles. The van der Waals surface area contributed by atoms with E-state index in [0.717, 1.165) is 60.1 Å². The number of hydrogen-bond donors (Lipinski definition) is 1. The molecule has 7 heteroatoms. The van der Waals surface area contributed by atoms with Gasteiger partial charge in [0.15, 0.2) is 0 Å². The predicted octanol–water partition coefficient (Wildman–Crippen LogP) is 8.35. The van der Waals surface area contributed by atoms with Crippen LogP contribution in [0.15, 0.2) is 145 Å². The van der Waals surface area contributed by atoms with Crippen molar-refractivity contribution < 1.29 is 19.0 Å². The molecule has 254 valence electrons. The quantitative estimate of drug-likeness (QED) is 0.106. The van der Waals surface area contributed by atoms with Crippen LogP contribution in [0.2, 0.25) is 0 Å². The van der Waals surface area contributed by atoms with Crippen molar-refractivity contribution in [1.82, 2.24) is 15.4 Å². The summed E-state index contributed by atoms with van der Waals surface area (Å²) in [6.45, 7) is 4.91. The first-order valence-electron chi connectivity index (χ1n) is 17.2. The molecule has 0 fully saturated rings. The molecule has 7 rings (SSSR count). The Bertz CT molecular complexity index is 1900. The fraction of sp³-hybridized carbons (Fsp3) is 0.233. The van der Waals surface area contributed by atoms with E-state index in [-0.39, 0.29) is 18.3 Å². The van der Waals surface area contributed by atoms with E-state index in [2.05, 4.69) is 107 Å². The lowest BCUT2D eigenvalue weighted by Gasteiger charge is -2.32. The van der Waals surface area contributed by atoms with Crippen molar-refractivity contribution in [3.63, 3.8) is 0 Å². The number of aromatic nitrogens is 1. The zero-order chi connectivity index (χ0) is 34.1. The molecule has 0 radical (unpaired) electrons. The van der Waals surface area contributed by atoms with Gasteiger partial charge in [0.25, 0.3) is 0 Å². The Kier molecular flexibility index (Phi) is 10.7. The van der Waals surface area contributed by atoms with Crippen LogP contribution >= 0.6 is 0 Å². The molecule has 0 saturated carbocycles. The third kappa shape index (κ3) is 8.14. The summed E-state index contributed by atoms with van der Waals surface area (Å²) in [5.41, 5.74) is 12.2. The number of pyridine rings is 1. The van der Waals surface area contributed by atoms with E-state index in [9.17, 15) is 0 Å². The van der Waals surface area contributed by atoms with Crippen molar-refractivity contribution in [2.24, 2.45) is 0 Å². The molecular formula is C43H43N3O4. The summed E-state index contributed by atoms with van der Waals surface area (Å²) in [4.78, 5) is 13.7. The summed E-state index contributed by atoms with van der Waals surface area (Å²) in [7, 11) is 1.65. The molecule has 3 atom stereocenters. The Morgan fingerprint density at radius 2 is 1.54 bits per heavy atom. The largest absolute Gasteiger partial charge is 0.497 e. The lowest BCUT2D eigenvalue weighted by atomic mass is 9.94. The van der Waals surface area contributed by atoms with Crippen LogP contribution in [0.5, 0.6) is 11.5 Å². The summed E-state index contributed by atoms with van der Waals surface area (Å²) in [5, 5.41) is 0. The smallest absolute Gasteiger partial charge is 0.145 e. The van der Waals surface area contributed by atoms with E-state index in [1.165, 1.54) is 22.4 Å². The van der Waals surface area contributed by atoms with Gasteiger partial charge in [0.05, 0.1) is 12.8 Å². The zero-order valence-corrected chi connectivity index (χ0v) is 28.6. The Labute approximate surface area is 294 Å². The molecule has 2 aliphatic rings. The number of hydrogen-bond acceptors (Lipinski definition) is 7. The van der Waals surface area contributed by atoms with Gasteiger partial charge in [0.1, 0.15) is 36.4 Å². The highest BCUT2D eigenvalue weighted by atomic mass is 16.7. The highest BCUT2D eigenvalue weighted by molar-refractivity contribution is 5.81. The first kappa shape index (κ1) is 33.3. The Hall–Kier alpha value is -5.21. The number of rotatable bonds is 12. The second kappa shape index (κ2) is 16.0. The van der Waals surface area contributed by atoms with Gasteiger partial charge in [-0.1, -0.05) is 97.1 Å². The molecular weight excluding hydrogens is 622 g/mol. The molecule has 2 aliphatic heterocycles. The molecule has 3 heterocycles. The van der Waals surface area contributed by atoms with Gasteiger partial charge in [0.2, 0.25) is 0 Å². The summed E-state index contributed by atoms with van der Waals surface area (Å²) in [6, 6.07) is 41.2. The minimum Gasteiger partial charge on any atom is -0.497 e. The first-order chi connectivity index (χ1) is 24.6. The highest BCUT2D eigenvalue weighted by Gasteiger charge is 2.30. The van der Waals surface area contributed by atoms with Crippen LogP contribution < -0.4 is 15.0 Å². The first-order valence-corrected chi connectivity index (χ1v) is 17.2. The molecule has 4 aromatic carbocycles. The van der Waals surface area contributed by atoms with E-state index < -0.39 is 0 Å². The number of ether oxygens (including phenoxy) is 3. The Balaban J connectivity index is 0.986. The van der Waals surface area contributed by atoms with Gasteiger partial charge in [-0.25, -0.2) is 0 Å². The average Bonchev–Trinajstić information content (AvgIpc) is 3.18. The minimum absolute atomic E-state index is 0.181. The van der Waals surface area contributed by atoms with E-state index in [1.54, 1.807) is 7.11 Å². The molecule has 0 spiro atoms. The maximum Gasteiger partial charge on any atom is 0.145 e. The number of fused-ring (bicyclic) bond motifs is 1. The summed E-state index contributed by atoms with van der Waals surface area (Å²) < 4.78 is 18.1. The molecule has 5 aromatic rings. The van der Waals surface area contributed by atoms with Crippen molar-refractivity contribution in [3.05, 3.63) is 162 Å². The number of benzene rings is 4. The van der Waals surface area contributed by atoms with Crippen LogP contribution in [0.3, 0.4) is 0 Å². The normalized spacial score (nSPS) is 19.1. The van der Waals surface area contributed by atoms with Gasteiger partial charge >= 0.3 is 0 Å². The van der Waals surface area contributed by atoms with Crippen LogP contribution in [0, 0.1) is 0 Å². The van der Waals surface area contributed by atoms with Gasteiger partial charge in [0, 0.05) is 48.6 Å². The molecule has 1 N–H and O–H groups in total. The Morgan fingerprint density at radius 3 is 2.26 bits per heavy atom. The zero-order valence-electron chi connectivity index (χ0n) is 28.6. The lowest BCUT2D eigenvalue weighted by Crippen LogP contribution is -2.41. The second-order valence-corrected chi connectivity index (χ2v) is 12.7. The van der Waals surface area contributed by atoms with Crippen molar-refractivity contribution in [2.45, 2.75) is 38.2 Å². The van der Waals surface area contributed by atoms with Crippen LogP contribution in [-0.2, 0) is 22.5 Å². The topological polar surface area (TPSA) is 65.1 Å². The van der Waals surface area contributed by atoms with Gasteiger partial charge in [-0.05, 0) is 66.1 Å². The monoisotopic (exact) mass is 665 g/mol. The summed E-state index contributed by atoms with van der Waals surface area (Å²) in [6.07, 6.45) is 6.37. The standard InChI is InChI=1S/C43H43N3O4/c1-31(45-48-30-42-41(49-37-20-18-36(47-2)19-21-37)23-22-40(50-42)33-14-8-4-9-15-33)24-26-46-27-25-39-35(29-46)28-38(32-12-6-3-7-13-32)43(44-39)34-16-10-5-11-17-34/h3-24,28,40-42,45H,25-27,29-30H2,1-2H3/b31-24-/t40-,41-,42+/m0/s1. The molecule has 0 bridgehead atoms.